The maximum atomic E-state index is 4.45. The molecule has 2 heterocycles. The zero-order valence-electron chi connectivity index (χ0n) is 11.4. The van der Waals surface area contributed by atoms with Gasteiger partial charge in [0.15, 0.2) is 5.13 Å². The lowest BCUT2D eigenvalue weighted by Gasteiger charge is -2.05. The van der Waals surface area contributed by atoms with E-state index in [2.05, 4.69) is 33.6 Å². The maximum Gasteiger partial charge on any atom is 0.183 e. The number of thiazole rings is 1. The zero-order valence-corrected chi connectivity index (χ0v) is 12.3. The summed E-state index contributed by atoms with van der Waals surface area (Å²) < 4.78 is 0. The molecule has 0 fully saturated rings. The van der Waals surface area contributed by atoms with Crippen molar-refractivity contribution in [3.63, 3.8) is 0 Å². The van der Waals surface area contributed by atoms with Crippen LogP contribution in [-0.2, 0) is 6.54 Å². The SMILES string of the molecule is Cc1nc(NCCCNCc2cccnc2)sc1C. The molecule has 0 radical (unpaired) electrons. The quantitative estimate of drug-likeness (QED) is 0.764. The molecule has 102 valence electrons. The standard InChI is InChI=1S/C14H20N4S/c1-11-12(2)19-14(18-11)17-8-4-7-16-10-13-5-3-6-15-9-13/h3,5-6,9,16H,4,7-8,10H2,1-2H3,(H,17,18). The van der Waals surface area contributed by atoms with Gasteiger partial charge in [0, 0.05) is 30.4 Å². The lowest BCUT2D eigenvalue weighted by Crippen LogP contribution is -2.17. The smallest absolute Gasteiger partial charge is 0.183 e. The first-order valence-corrected chi connectivity index (χ1v) is 7.35. The van der Waals surface area contributed by atoms with Gasteiger partial charge in [-0.05, 0) is 38.4 Å². The summed E-state index contributed by atoms with van der Waals surface area (Å²) in [6.07, 6.45) is 4.77. The van der Waals surface area contributed by atoms with Crippen molar-refractivity contribution in [3.8, 4) is 0 Å². The third-order valence-corrected chi connectivity index (χ3v) is 3.92. The molecule has 0 bridgehead atoms. The molecule has 2 N–H and O–H groups in total. The topological polar surface area (TPSA) is 49.8 Å². The predicted molar refractivity (Wildman–Crippen MR) is 80.6 cm³/mol. The molecule has 2 aromatic rings. The van der Waals surface area contributed by atoms with E-state index in [1.165, 1.54) is 10.4 Å². The van der Waals surface area contributed by atoms with E-state index in [1.807, 2.05) is 19.2 Å². The van der Waals surface area contributed by atoms with Crippen LogP contribution in [0.1, 0.15) is 22.6 Å². The minimum atomic E-state index is 0.878. The number of rotatable bonds is 7. The molecular weight excluding hydrogens is 256 g/mol. The zero-order chi connectivity index (χ0) is 13.5. The number of nitrogens with zero attached hydrogens (tertiary/aromatic N) is 2. The molecule has 0 saturated carbocycles. The highest BCUT2D eigenvalue weighted by Gasteiger charge is 2.01. The molecule has 19 heavy (non-hydrogen) atoms. The van der Waals surface area contributed by atoms with E-state index in [4.69, 9.17) is 0 Å². The van der Waals surface area contributed by atoms with Crippen LogP contribution in [0.5, 0.6) is 0 Å². The molecule has 2 aromatic heterocycles. The van der Waals surface area contributed by atoms with Crippen LogP contribution in [0.3, 0.4) is 0 Å². The summed E-state index contributed by atoms with van der Waals surface area (Å²) in [7, 11) is 0. The first kappa shape index (κ1) is 14.0. The van der Waals surface area contributed by atoms with Gasteiger partial charge in [-0.1, -0.05) is 6.07 Å². The van der Waals surface area contributed by atoms with Crippen LogP contribution in [0.15, 0.2) is 24.5 Å². The molecule has 0 unspecified atom stereocenters. The third-order valence-electron chi connectivity index (χ3n) is 2.89. The van der Waals surface area contributed by atoms with Crippen LogP contribution in [0.2, 0.25) is 0 Å². The summed E-state index contributed by atoms with van der Waals surface area (Å²) in [5, 5.41) is 7.80. The van der Waals surface area contributed by atoms with Crippen LogP contribution in [-0.4, -0.2) is 23.1 Å². The largest absolute Gasteiger partial charge is 0.361 e. The van der Waals surface area contributed by atoms with Crippen molar-refractivity contribution in [1.82, 2.24) is 15.3 Å². The molecule has 0 amide bonds. The second kappa shape index (κ2) is 7.21. The van der Waals surface area contributed by atoms with Gasteiger partial charge in [-0.25, -0.2) is 4.98 Å². The number of nitrogens with one attached hydrogen (secondary N) is 2. The molecule has 4 nitrogen and oxygen atoms in total. The van der Waals surface area contributed by atoms with E-state index in [0.29, 0.717) is 0 Å². The van der Waals surface area contributed by atoms with Crippen molar-refractivity contribution in [2.45, 2.75) is 26.8 Å². The van der Waals surface area contributed by atoms with E-state index < -0.39 is 0 Å². The average molecular weight is 276 g/mol. The minimum absolute atomic E-state index is 0.878. The molecule has 0 saturated heterocycles. The Labute approximate surface area is 118 Å². The van der Waals surface area contributed by atoms with Gasteiger partial charge in [0.2, 0.25) is 0 Å². The van der Waals surface area contributed by atoms with Crippen LogP contribution >= 0.6 is 11.3 Å². The van der Waals surface area contributed by atoms with Gasteiger partial charge in [-0.15, -0.1) is 11.3 Å². The Morgan fingerprint density at radius 2 is 2.16 bits per heavy atom. The molecule has 0 aliphatic heterocycles. The predicted octanol–water partition coefficient (Wildman–Crippen LogP) is 2.75. The number of hydrogen-bond donors (Lipinski definition) is 2. The molecule has 0 spiro atoms. The summed E-state index contributed by atoms with van der Waals surface area (Å²) in [6, 6.07) is 4.05. The van der Waals surface area contributed by atoms with Crippen molar-refractivity contribution in [3.05, 3.63) is 40.7 Å². The summed E-state index contributed by atoms with van der Waals surface area (Å²) in [6.45, 7) is 6.97. The minimum Gasteiger partial charge on any atom is -0.361 e. The van der Waals surface area contributed by atoms with Crippen LogP contribution < -0.4 is 10.6 Å². The molecule has 5 heteroatoms. The Hall–Kier alpha value is -1.46. The Bertz CT molecular complexity index is 476. The highest BCUT2D eigenvalue weighted by Crippen LogP contribution is 2.20. The molecule has 2 rings (SSSR count). The van der Waals surface area contributed by atoms with Gasteiger partial charge < -0.3 is 10.6 Å². The van der Waals surface area contributed by atoms with E-state index in [-0.39, 0.29) is 0 Å². The Kier molecular flexibility index (Phi) is 5.30. The number of aromatic nitrogens is 2. The Balaban J connectivity index is 1.57. The van der Waals surface area contributed by atoms with E-state index in [0.717, 1.165) is 36.9 Å². The van der Waals surface area contributed by atoms with E-state index >= 15 is 0 Å². The molecule has 0 aliphatic carbocycles. The molecule has 0 aliphatic rings. The molecular formula is C14H20N4S. The van der Waals surface area contributed by atoms with E-state index in [9.17, 15) is 0 Å². The lowest BCUT2D eigenvalue weighted by atomic mass is 10.3. The number of hydrogen-bond acceptors (Lipinski definition) is 5. The number of anilines is 1. The fourth-order valence-electron chi connectivity index (χ4n) is 1.69. The second-order valence-corrected chi connectivity index (χ2v) is 5.68. The van der Waals surface area contributed by atoms with Gasteiger partial charge >= 0.3 is 0 Å². The average Bonchev–Trinajstić information content (AvgIpc) is 2.74. The summed E-state index contributed by atoms with van der Waals surface area (Å²) >= 11 is 1.72. The van der Waals surface area contributed by atoms with Crippen molar-refractivity contribution in [2.24, 2.45) is 0 Å². The van der Waals surface area contributed by atoms with Gasteiger partial charge in [0.1, 0.15) is 0 Å². The van der Waals surface area contributed by atoms with Crippen LogP contribution in [0.25, 0.3) is 0 Å². The fraction of sp³-hybridized carbons (Fsp3) is 0.429. The monoisotopic (exact) mass is 276 g/mol. The summed E-state index contributed by atoms with van der Waals surface area (Å²) in [5.41, 5.74) is 2.35. The molecule has 0 aromatic carbocycles. The van der Waals surface area contributed by atoms with Crippen LogP contribution in [0.4, 0.5) is 5.13 Å². The van der Waals surface area contributed by atoms with Crippen molar-refractivity contribution in [1.29, 1.82) is 0 Å². The van der Waals surface area contributed by atoms with Gasteiger partial charge in [0.25, 0.3) is 0 Å². The normalized spacial score (nSPS) is 10.6. The summed E-state index contributed by atoms with van der Waals surface area (Å²) in [4.78, 5) is 9.83. The van der Waals surface area contributed by atoms with Gasteiger partial charge in [-0.3, -0.25) is 4.98 Å². The van der Waals surface area contributed by atoms with E-state index in [1.54, 1.807) is 17.5 Å². The second-order valence-electron chi connectivity index (χ2n) is 4.48. The van der Waals surface area contributed by atoms with Gasteiger partial charge in [-0.2, -0.15) is 0 Å². The van der Waals surface area contributed by atoms with Crippen molar-refractivity contribution < 1.29 is 0 Å². The number of pyridine rings is 1. The molecule has 0 atom stereocenters. The third kappa shape index (κ3) is 4.61. The fourth-order valence-corrected chi connectivity index (χ4v) is 2.53. The first-order valence-electron chi connectivity index (χ1n) is 6.53. The number of aryl methyl sites for hydroxylation is 2. The maximum absolute atomic E-state index is 4.45. The van der Waals surface area contributed by atoms with Gasteiger partial charge in [0.05, 0.1) is 5.69 Å². The lowest BCUT2D eigenvalue weighted by molar-refractivity contribution is 0.662. The Morgan fingerprint density at radius 3 is 2.84 bits per heavy atom. The van der Waals surface area contributed by atoms with Crippen molar-refractivity contribution >= 4 is 16.5 Å². The van der Waals surface area contributed by atoms with Crippen molar-refractivity contribution in [2.75, 3.05) is 18.4 Å². The summed E-state index contributed by atoms with van der Waals surface area (Å²) in [5.74, 6) is 0. The highest BCUT2D eigenvalue weighted by molar-refractivity contribution is 7.15. The van der Waals surface area contributed by atoms with Crippen LogP contribution in [0, 0.1) is 13.8 Å². The highest BCUT2D eigenvalue weighted by atomic mass is 32.1. The Morgan fingerprint density at radius 1 is 1.26 bits per heavy atom. The first-order chi connectivity index (χ1) is 9.25.